The van der Waals surface area contributed by atoms with Crippen LogP contribution in [-0.4, -0.2) is 41.9 Å². The molecular weight excluding hydrogens is 206 g/mol. The number of ether oxygens (including phenoxy) is 2. The molecule has 1 aliphatic heterocycles. The molecule has 0 aromatic carbocycles. The van der Waals surface area contributed by atoms with E-state index >= 15 is 0 Å². The smallest absolute Gasteiger partial charge is 0.410 e. The fourth-order valence-electron chi connectivity index (χ4n) is 1.72. The predicted molar refractivity (Wildman–Crippen MR) is 62.4 cm³/mol. The Labute approximate surface area is 97.9 Å². The van der Waals surface area contributed by atoms with Crippen molar-refractivity contribution in [1.82, 2.24) is 4.90 Å². The summed E-state index contributed by atoms with van der Waals surface area (Å²) in [5.41, 5.74) is -0.423. The first kappa shape index (κ1) is 13.3. The summed E-state index contributed by atoms with van der Waals surface area (Å²) in [4.78, 5) is 13.5. The van der Waals surface area contributed by atoms with Crippen LogP contribution < -0.4 is 0 Å². The first-order valence-electron chi connectivity index (χ1n) is 5.91. The summed E-state index contributed by atoms with van der Waals surface area (Å²) < 4.78 is 11.0. The van der Waals surface area contributed by atoms with Crippen LogP contribution in [-0.2, 0) is 9.47 Å². The van der Waals surface area contributed by atoms with E-state index in [9.17, 15) is 4.79 Å². The van der Waals surface area contributed by atoms with Crippen LogP contribution in [0.15, 0.2) is 0 Å². The zero-order valence-corrected chi connectivity index (χ0v) is 10.9. The summed E-state index contributed by atoms with van der Waals surface area (Å²) in [6.45, 7) is 11.0. The first-order valence-corrected chi connectivity index (χ1v) is 5.91. The Balaban J connectivity index is 2.38. The summed E-state index contributed by atoms with van der Waals surface area (Å²) in [7, 11) is 0. The number of nitrogens with zero attached hydrogens (tertiary/aromatic N) is 1. The average Bonchev–Trinajstić information content (AvgIpc) is 2.48. The monoisotopic (exact) mass is 229 g/mol. The van der Waals surface area contributed by atoms with Gasteiger partial charge in [-0.2, -0.15) is 0 Å². The molecule has 0 aromatic heterocycles. The van der Waals surface area contributed by atoms with Crippen LogP contribution >= 0.6 is 0 Å². The van der Waals surface area contributed by atoms with Crippen molar-refractivity contribution >= 4 is 6.09 Å². The Hall–Kier alpha value is -0.770. The van der Waals surface area contributed by atoms with Crippen LogP contribution in [0.3, 0.4) is 0 Å². The maximum Gasteiger partial charge on any atom is 0.410 e. The molecule has 1 rings (SSSR count). The average molecular weight is 229 g/mol. The van der Waals surface area contributed by atoms with Gasteiger partial charge in [0.2, 0.25) is 0 Å². The molecule has 4 nitrogen and oxygen atoms in total. The normalized spacial score (nSPS) is 21.6. The number of carbonyl (C=O) groups excluding carboxylic acids is 1. The number of rotatable bonds is 2. The molecule has 1 fully saturated rings. The third-order valence-electron chi connectivity index (χ3n) is 2.26. The van der Waals surface area contributed by atoms with E-state index in [0.717, 1.165) is 13.0 Å². The van der Waals surface area contributed by atoms with Crippen LogP contribution in [0.1, 0.15) is 41.0 Å². The van der Waals surface area contributed by atoms with Crippen LogP contribution in [0.25, 0.3) is 0 Å². The zero-order chi connectivity index (χ0) is 12.3. The van der Waals surface area contributed by atoms with Gasteiger partial charge < -0.3 is 14.4 Å². The lowest BCUT2D eigenvalue weighted by atomic mass is 10.2. The van der Waals surface area contributed by atoms with Gasteiger partial charge in [0, 0.05) is 6.54 Å². The van der Waals surface area contributed by atoms with Crippen LogP contribution in [0.2, 0.25) is 0 Å². The summed E-state index contributed by atoms with van der Waals surface area (Å²) in [6.07, 6.45) is 1.04. The Bertz CT molecular complexity index is 245. The lowest BCUT2D eigenvalue weighted by Crippen LogP contribution is -2.36. The molecule has 0 saturated carbocycles. The second-order valence-corrected chi connectivity index (χ2v) is 5.52. The van der Waals surface area contributed by atoms with Crippen LogP contribution in [0, 0.1) is 0 Å². The summed E-state index contributed by atoms with van der Waals surface area (Å²) in [5, 5.41) is 0. The highest BCUT2D eigenvalue weighted by Crippen LogP contribution is 2.17. The van der Waals surface area contributed by atoms with Crippen molar-refractivity contribution in [1.29, 1.82) is 0 Å². The highest BCUT2D eigenvalue weighted by Gasteiger charge is 2.30. The van der Waals surface area contributed by atoms with Gasteiger partial charge in [-0.05, 0) is 41.0 Å². The molecule has 4 heteroatoms. The van der Waals surface area contributed by atoms with E-state index in [2.05, 4.69) is 0 Å². The van der Waals surface area contributed by atoms with Gasteiger partial charge >= 0.3 is 6.09 Å². The predicted octanol–water partition coefficient (Wildman–Crippen LogP) is 2.42. The Kier molecular flexibility index (Phi) is 4.19. The van der Waals surface area contributed by atoms with Crippen LogP contribution in [0.4, 0.5) is 4.79 Å². The molecule has 1 saturated heterocycles. The van der Waals surface area contributed by atoms with Gasteiger partial charge in [-0.25, -0.2) is 4.79 Å². The molecule has 1 amide bonds. The molecule has 1 heterocycles. The molecule has 0 aliphatic carbocycles. The van der Waals surface area contributed by atoms with E-state index in [1.54, 1.807) is 4.90 Å². The van der Waals surface area contributed by atoms with E-state index in [1.165, 1.54) is 0 Å². The van der Waals surface area contributed by atoms with E-state index in [4.69, 9.17) is 9.47 Å². The van der Waals surface area contributed by atoms with Crippen molar-refractivity contribution in [2.45, 2.75) is 58.8 Å². The molecule has 1 unspecified atom stereocenters. The molecule has 1 atom stereocenters. The quantitative estimate of drug-likeness (QED) is 0.730. The van der Waals surface area contributed by atoms with Gasteiger partial charge in [-0.3, -0.25) is 0 Å². The fraction of sp³-hybridized carbons (Fsp3) is 0.917. The summed E-state index contributed by atoms with van der Waals surface area (Å²) >= 11 is 0. The molecule has 16 heavy (non-hydrogen) atoms. The molecule has 0 aromatic rings. The largest absolute Gasteiger partial charge is 0.444 e. The van der Waals surface area contributed by atoms with E-state index in [1.807, 2.05) is 34.6 Å². The zero-order valence-electron chi connectivity index (χ0n) is 10.9. The van der Waals surface area contributed by atoms with Gasteiger partial charge in [0.15, 0.2) is 0 Å². The maximum atomic E-state index is 11.7. The van der Waals surface area contributed by atoms with Crippen molar-refractivity contribution in [2.24, 2.45) is 0 Å². The molecule has 0 N–H and O–H groups in total. The van der Waals surface area contributed by atoms with Crippen molar-refractivity contribution in [3.63, 3.8) is 0 Å². The number of amides is 1. The van der Waals surface area contributed by atoms with Gasteiger partial charge in [0.05, 0.1) is 18.8 Å². The van der Waals surface area contributed by atoms with Gasteiger partial charge in [0.25, 0.3) is 0 Å². The Morgan fingerprint density at radius 2 is 2.00 bits per heavy atom. The SMILES string of the molecule is CC(C)OC1CCN(C(=O)OC(C)(C)C)C1. The molecule has 0 radical (unpaired) electrons. The summed E-state index contributed by atoms with van der Waals surface area (Å²) in [6, 6.07) is 0. The highest BCUT2D eigenvalue weighted by molar-refractivity contribution is 5.68. The Morgan fingerprint density at radius 3 is 2.50 bits per heavy atom. The van der Waals surface area contributed by atoms with Crippen LogP contribution in [0.5, 0.6) is 0 Å². The molecule has 1 aliphatic rings. The molecule has 0 bridgehead atoms. The minimum atomic E-state index is -0.423. The number of carbonyl (C=O) groups is 1. The van der Waals surface area contributed by atoms with Crippen molar-refractivity contribution in [3.8, 4) is 0 Å². The van der Waals surface area contributed by atoms with Crippen molar-refractivity contribution in [3.05, 3.63) is 0 Å². The van der Waals surface area contributed by atoms with E-state index < -0.39 is 5.60 Å². The van der Waals surface area contributed by atoms with Gasteiger partial charge in [-0.1, -0.05) is 0 Å². The fourth-order valence-corrected chi connectivity index (χ4v) is 1.72. The number of hydrogen-bond donors (Lipinski definition) is 0. The standard InChI is InChI=1S/C12H23NO3/c1-9(2)15-10-6-7-13(8-10)11(14)16-12(3,4)5/h9-10H,6-8H2,1-5H3. The maximum absolute atomic E-state index is 11.7. The second-order valence-electron chi connectivity index (χ2n) is 5.52. The molecule has 0 spiro atoms. The van der Waals surface area contributed by atoms with Gasteiger partial charge in [-0.15, -0.1) is 0 Å². The summed E-state index contributed by atoms with van der Waals surface area (Å²) in [5.74, 6) is 0. The second kappa shape index (κ2) is 5.04. The third kappa shape index (κ3) is 4.39. The van der Waals surface area contributed by atoms with E-state index in [-0.39, 0.29) is 18.3 Å². The molecule has 94 valence electrons. The van der Waals surface area contributed by atoms with Gasteiger partial charge in [0.1, 0.15) is 5.60 Å². The minimum Gasteiger partial charge on any atom is -0.444 e. The number of hydrogen-bond acceptors (Lipinski definition) is 3. The molecular formula is C12H23NO3. The lowest BCUT2D eigenvalue weighted by molar-refractivity contribution is 0.00415. The highest BCUT2D eigenvalue weighted by atomic mass is 16.6. The van der Waals surface area contributed by atoms with Crippen molar-refractivity contribution in [2.75, 3.05) is 13.1 Å². The minimum absolute atomic E-state index is 0.160. The first-order chi connectivity index (χ1) is 7.28. The lowest BCUT2D eigenvalue weighted by Gasteiger charge is -2.24. The van der Waals surface area contributed by atoms with E-state index in [0.29, 0.717) is 6.54 Å². The third-order valence-corrected chi connectivity index (χ3v) is 2.26. The topological polar surface area (TPSA) is 38.8 Å². The number of likely N-dealkylation sites (tertiary alicyclic amines) is 1. The van der Waals surface area contributed by atoms with Crippen molar-refractivity contribution < 1.29 is 14.3 Å². The Morgan fingerprint density at radius 1 is 1.38 bits per heavy atom.